The molecule has 2 heterocycles. The fraction of sp³-hybridized carbons (Fsp3) is 0.250. The van der Waals surface area contributed by atoms with Crippen LogP contribution in [0.4, 0.5) is 0 Å². The molecule has 2 aromatic carbocycles. The summed E-state index contributed by atoms with van der Waals surface area (Å²) in [4.78, 5) is 47.7. The maximum absolute atomic E-state index is 12.5. The Labute approximate surface area is 265 Å². The topological polar surface area (TPSA) is 146 Å². The number of nitrogens with zero attached hydrogens (tertiary/aromatic N) is 2. The average Bonchev–Trinajstić information content (AvgIpc) is 3.54. The summed E-state index contributed by atoms with van der Waals surface area (Å²) in [5, 5.41) is 12.5. The number of aliphatic hydroxyl groups excluding tert-OH is 1. The third-order valence-corrected chi connectivity index (χ3v) is 7.13. The number of carbonyl (C=O) groups is 4. The van der Waals surface area contributed by atoms with Crippen LogP contribution in [0.2, 0.25) is 10.0 Å². The number of nitrogens with two attached hydrogens (primary N) is 1. The van der Waals surface area contributed by atoms with Crippen LogP contribution >= 0.6 is 23.2 Å². The van der Waals surface area contributed by atoms with Crippen LogP contribution in [-0.4, -0.2) is 64.0 Å². The number of rotatable bonds is 13. The first kappa shape index (κ1) is 34.3. The second-order valence-corrected chi connectivity index (χ2v) is 10.6. The van der Waals surface area contributed by atoms with Gasteiger partial charge in [0.25, 0.3) is 0 Å². The molecule has 4 N–H and O–H groups in total. The van der Waals surface area contributed by atoms with E-state index in [1.54, 1.807) is 96.0 Å². The number of carbonyl (C=O) groups excluding carboxylic acids is 4. The van der Waals surface area contributed by atoms with Crippen LogP contribution in [-0.2, 0) is 41.3 Å². The minimum absolute atomic E-state index is 0.0400. The zero-order valence-corrected chi connectivity index (χ0v) is 25.9. The summed E-state index contributed by atoms with van der Waals surface area (Å²) < 4.78 is 8.48. The highest BCUT2D eigenvalue weighted by molar-refractivity contribution is 6.31. The first-order chi connectivity index (χ1) is 21.0. The van der Waals surface area contributed by atoms with Gasteiger partial charge in [-0.15, -0.1) is 0 Å². The molecule has 0 saturated heterocycles. The van der Waals surface area contributed by atoms with Gasteiger partial charge in [0.2, 0.25) is 23.4 Å². The molecule has 0 bridgehead atoms. The van der Waals surface area contributed by atoms with Gasteiger partial charge in [-0.05, 0) is 72.8 Å². The SMILES string of the molecule is Cn1c(CC(=O)NCCOCCO)ccc1C(=O)c1ccc(Cl)cc1.Cn1c(CC(N)=O)ccc1C(=O)c1ccc(Cl)cc1. The Morgan fingerprint density at radius 3 is 1.61 bits per heavy atom. The van der Waals surface area contributed by atoms with Crippen molar-refractivity contribution in [2.75, 3.05) is 26.4 Å². The normalized spacial score (nSPS) is 10.6. The molecule has 0 radical (unpaired) electrons. The van der Waals surface area contributed by atoms with Gasteiger partial charge in [-0.2, -0.15) is 0 Å². The highest BCUT2D eigenvalue weighted by Crippen LogP contribution is 2.17. The number of nitrogens with one attached hydrogen (secondary N) is 1. The zero-order chi connectivity index (χ0) is 32.2. The van der Waals surface area contributed by atoms with Gasteiger partial charge in [0.05, 0.1) is 44.1 Å². The highest BCUT2D eigenvalue weighted by atomic mass is 35.5. The number of amides is 2. The number of hydrogen-bond donors (Lipinski definition) is 3. The first-order valence-corrected chi connectivity index (χ1v) is 14.4. The molecule has 0 saturated carbocycles. The van der Waals surface area contributed by atoms with Gasteiger partial charge in [-0.1, -0.05) is 23.2 Å². The van der Waals surface area contributed by atoms with E-state index in [4.69, 9.17) is 38.8 Å². The van der Waals surface area contributed by atoms with Gasteiger partial charge in [-0.3, -0.25) is 19.2 Å². The van der Waals surface area contributed by atoms with Gasteiger partial charge in [0, 0.05) is 53.2 Å². The van der Waals surface area contributed by atoms with Crippen molar-refractivity contribution in [2.45, 2.75) is 12.8 Å². The Morgan fingerprint density at radius 2 is 1.18 bits per heavy atom. The van der Waals surface area contributed by atoms with E-state index >= 15 is 0 Å². The summed E-state index contributed by atoms with van der Waals surface area (Å²) >= 11 is 11.6. The molecule has 12 heteroatoms. The summed E-state index contributed by atoms with van der Waals surface area (Å²) in [7, 11) is 3.50. The maximum atomic E-state index is 12.5. The molecule has 4 rings (SSSR count). The van der Waals surface area contributed by atoms with Crippen molar-refractivity contribution >= 4 is 46.6 Å². The Morgan fingerprint density at radius 1 is 0.727 bits per heavy atom. The largest absolute Gasteiger partial charge is 0.394 e. The molecular formula is C32H34Cl2N4O6. The lowest BCUT2D eigenvalue weighted by molar-refractivity contribution is -0.121. The molecule has 232 valence electrons. The lowest BCUT2D eigenvalue weighted by atomic mass is 10.1. The van der Waals surface area contributed by atoms with Crippen LogP contribution in [0, 0.1) is 0 Å². The molecule has 0 spiro atoms. The van der Waals surface area contributed by atoms with E-state index in [9.17, 15) is 19.2 Å². The van der Waals surface area contributed by atoms with Crippen molar-refractivity contribution in [3.05, 3.63) is 117 Å². The molecule has 10 nitrogen and oxygen atoms in total. The van der Waals surface area contributed by atoms with Crippen molar-refractivity contribution in [1.82, 2.24) is 14.5 Å². The average molecular weight is 642 g/mol. The number of primary amides is 1. The minimum atomic E-state index is -0.424. The van der Waals surface area contributed by atoms with Crippen molar-refractivity contribution < 1.29 is 29.0 Å². The second-order valence-electron chi connectivity index (χ2n) is 9.72. The predicted molar refractivity (Wildman–Crippen MR) is 168 cm³/mol. The molecule has 0 atom stereocenters. The van der Waals surface area contributed by atoms with Crippen molar-refractivity contribution in [3.63, 3.8) is 0 Å². The molecule has 0 unspecified atom stereocenters. The Kier molecular flexibility index (Phi) is 12.9. The quantitative estimate of drug-likeness (QED) is 0.151. The van der Waals surface area contributed by atoms with Crippen LogP contribution in [0.15, 0.2) is 72.8 Å². The van der Waals surface area contributed by atoms with Crippen molar-refractivity contribution in [1.29, 1.82) is 0 Å². The lowest BCUT2D eigenvalue weighted by Crippen LogP contribution is -2.29. The predicted octanol–water partition coefficient (Wildman–Crippen LogP) is 3.51. The third kappa shape index (κ3) is 9.65. The van der Waals surface area contributed by atoms with Gasteiger partial charge >= 0.3 is 0 Å². The van der Waals surface area contributed by atoms with E-state index in [-0.39, 0.29) is 43.5 Å². The Hall–Kier alpha value is -4.22. The maximum Gasteiger partial charge on any atom is 0.226 e. The second kappa shape index (κ2) is 16.6. The van der Waals surface area contributed by atoms with Crippen LogP contribution < -0.4 is 11.1 Å². The van der Waals surface area contributed by atoms with E-state index in [1.165, 1.54) is 0 Å². The molecule has 2 aromatic heterocycles. The van der Waals surface area contributed by atoms with E-state index in [2.05, 4.69) is 5.32 Å². The van der Waals surface area contributed by atoms with E-state index in [1.807, 2.05) is 0 Å². The van der Waals surface area contributed by atoms with Gasteiger partial charge < -0.3 is 30.0 Å². The number of aliphatic hydroxyl groups is 1. The van der Waals surface area contributed by atoms with Crippen molar-refractivity contribution in [3.8, 4) is 0 Å². The zero-order valence-electron chi connectivity index (χ0n) is 24.4. The number of benzene rings is 2. The lowest BCUT2D eigenvalue weighted by Gasteiger charge is -2.09. The number of ketones is 2. The van der Waals surface area contributed by atoms with Crippen LogP contribution in [0.25, 0.3) is 0 Å². The van der Waals surface area contributed by atoms with Crippen LogP contribution in [0.5, 0.6) is 0 Å². The standard InChI is InChI=1S/C18H21ClN2O4.C14H13ClN2O2/c1-21-15(12-17(23)20-8-10-25-11-9-22)6-7-16(21)18(24)13-2-4-14(19)5-3-13;1-17-11(8-13(16)18)6-7-12(17)14(19)9-2-4-10(15)5-3-9/h2-7,22H,8-12H2,1H3,(H,20,23);2-7H,8H2,1H3,(H2,16,18). The molecule has 4 aromatic rings. The Balaban J connectivity index is 0.000000249. The summed E-state index contributed by atoms with van der Waals surface area (Å²) in [5.41, 5.74) is 8.73. The smallest absolute Gasteiger partial charge is 0.226 e. The summed E-state index contributed by atoms with van der Waals surface area (Å²) in [5.74, 6) is -0.816. The fourth-order valence-electron chi connectivity index (χ4n) is 4.25. The molecular weight excluding hydrogens is 607 g/mol. The molecule has 0 aliphatic rings. The van der Waals surface area contributed by atoms with Gasteiger partial charge in [0.15, 0.2) is 0 Å². The number of aromatic nitrogens is 2. The number of halogens is 2. The van der Waals surface area contributed by atoms with Crippen LogP contribution in [0.3, 0.4) is 0 Å². The molecule has 0 aliphatic heterocycles. The highest BCUT2D eigenvalue weighted by Gasteiger charge is 2.17. The number of ether oxygens (including phenoxy) is 1. The monoisotopic (exact) mass is 640 g/mol. The molecule has 0 aliphatic carbocycles. The first-order valence-electron chi connectivity index (χ1n) is 13.6. The van der Waals surface area contributed by atoms with E-state index in [0.717, 1.165) is 5.69 Å². The number of hydrogen-bond acceptors (Lipinski definition) is 6. The minimum Gasteiger partial charge on any atom is -0.394 e. The summed E-state index contributed by atoms with van der Waals surface area (Å²) in [6, 6.07) is 20.3. The van der Waals surface area contributed by atoms with E-state index in [0.29, 0.717) is 51.4 Å². The van der Waals surface area contributed by atoms with Gasteiger partial charge in [0.1, 0.15) is 0 Å². The van der Waals surface area contributed by atoms with Crippen molar-refractivity contribution in [2.24, 2.45) is 19.8 Å². The van der Waals surface area contributed by atoms with E-state index < -0.39 is 5.91 Å². The Bertz CT molecular complexity index is 1590. The summed E-state index contributed by atoms with van der Waals surface area (Å²) in [6.07, 6.45) is 0.287. The molecule has 44 heavy (non-hydrogen) atoms. The third-order valence-electron chi connectivity index (χ3n) is 6.63. The van der Waals surface area contributed by atoms with Gasteiger partial charge in [-0.25, -0.2) is 0 Å². The summed E-state index contributed by atoms with van der Waals surface area (Å²) in [6.45, 7) is 0.936. The molecule has 2 amide bonds. The van der Waals surface area contributed by atoms with Crippen LogP contribution in [0.1, 0.15) is 43.5 Å². The molecule has 0 fully saturated rings. The fourth-order valence-corrected chi connectivity index (χ4v) is 4.50.